The second-order valence-corrected chi connectivity index (χ2v) is 6.06. The largest absolute Gasteiger partial charge is 0.325 e. The summed E-state index contributed by atoms with van der Waals surface area (Å²) in [5.41, 5.74) is 0.964. The number of nitrogens with one attached hydrogen (secondary N) is 1. The number of nitrogens with zero attached hydrogens (tertiary/aromatic N) is 2. The Balaban J connectivity index is 1.73. The van der Waals surface area contributed by atoms with Crippen molar-refractivity contribution >= 4 is 34.3 Å². The molecule has 0 saturated heterocycles. The molecule has 5 nitrogen and oxygen atoms in total. The molecular formula is C17H14FN3O2S. The Kier molecular flexibility index (Phi) is 4.61. The van der Waals surface area contributed by atoms with E-state index in [2.05, 4.69) is 10.3 Å². The summed E-state index contributed by atoms with van der Waals surface area (Å²) < 4.78 is 14.3. The number of hydrogen-bond donors (Lipinski definition) is 1. The second-order valence-electron chi connectivity index (χ2n) is 5.12. The van der Waals surface area contributed by atoms with E-state index in [1.54, 1.807) is 25.2 Å². The molecule has 122 valence electrons. The predicted octanol–water partition coefficient (Wildman–Crippen LogP) is 2.80. The lowest BCUT2D eigenvalue weighted by Crippen LogP contribution is -2.21. The van der Waals surface area contributed by atoms with Crippen LogP contribution in [0.15, 0.2) is 58.5 Å². The van der Waals surface area contributed by atoms with Crippen molar-refractivity contribution in [1.29, 1.82) is 0 Å². The van der Waals surface area contributed by atoms with Crippen LogP contribution in [0.25, 0.3) is 10.9 Å². The van der Waals surface area contributed by atoms with Crippen molar-refractivity contribution in [3.8, 4) is 0 Å². The van der Waals surface area contributed by atoms with E-state index in [9.17, 15) is 14.0 Å². The zero-order valence-corrected chi connectivity index (χ0v) is 13.6. The summed E-state index contributed by atoms with van der Waals surface area (Å²) >= 11 is 1.17. The SMILES string of the molecule is Cn1c(SCC(=O)Nc2ccc(F)cc2)nc2ccccc2c1=O. The smallest absolute Gasteiger partial charge is 0.261 e. The van der Waals surface area contributed by atoms with E-state index in [1.165, 1.54) is 40.6 Å². The number of carbonyl (C=O) groups is 1. The molecule has 0 saturated carbocycles. The maximum absolute atomic E-state index is 12.8. The van der Waals surface area contributed by atoms with Gasteiger partial charge < -0.3 is 5.32 Å². The summed E-state index contributed by atoms with van der Waals surface area (Å²) in [4.78, 5) is 28.7. The average molecular weight is 343 g/mol. The molecule has 24 heavy (non-hydrogen) atoms. The molecule has 7 heteroatoms. The first kappa shape index (κ1) is 16.2. The van der Waals surface area contributed by atoms with Gasteiger partial charge in [0.15, 0.2) is 5.16 Å². The van der Waals surface area contributed by atoms with Crippen molar-refractivity contribution in [2.24, 2.45) is 7.05 Å². The van der Waals surface area contributed by atoms with E-state index in [0.29, 0.717) is 21.7 Å². The van der Waals surface area contributed by atoms with Gasteiger partial charge in [0.1, 0.15) is 5.82 Å². The Morgan fingerprint density at radius 2 is 1.92 bits per heavy atom. The van der Waals surface area contributed by atoms with Crippen LogP contribution in [0.3, 0.4) is 0 Å². The normalized spacial score (nSPS) is 10.8. The predicted molar refractivity (Wildman–Crippen MR) is 92.7 cm³/mol. The van der Waals surface area contributed by atoms with Crippen molar-refractivity contribution in [3.05, 3.63) is 64.7 Å². The van der Waals surface area contributed by atoms with Crippen LogP contribution in [-0.2, 0) is 11.8 Å². The minimum Gasteiger partial charge on any atom is -0.325 e. The number of rotatable bonds is 4. The fourth-order valence-electron chi connectivity index (χ4n) is 2.19. The molecule has 2 aromatic carbocycles. The lowest BCUT2D eigenvalue weighted by atomic mass is 10.2. The van der Waals surface area contributed by atoms with E-state index < -0.39 is 0 Å². The molecule has 3 rings (SSSR count). The highest BCUT2D eigenvalue weighted by Crippen LogP contribution is 2.17. The monoisotopic (exact) mass is 343 g/mol. The number of hydrogen-bond acceptors (Lipinski definition) is 4. The van der Waals surface area contributed by atoms with Crippen molar-refractivity contribution in [1.82, 2.24) is 9.55 Å². The van der Waals surface area contributed by atoms with Crippen LogP contribution in [0, 0.1) is 5.82 Å². The molecule has 0 bridgehead atoms. The maximum Gasteiger partial charge on any atom is 0.261 e. The van der Waals surface area contributed by atoms with Crippen LogP contribution >= 0.6 is 11.8 Å². The average Bonchev–Trinajstić information content (AvgIpc) is 2.59. The fourth-order valence-corrected chi connectivity index (χ4v) is 2.96. The van der Waals surface area contributed by atoms with Gasteiger partial charge in [-0.05, 0) is 36.4 Å². The van der Waals surface area contributed by atoms with Gasteiger partial charge in [-0.15, -0.1) is 0 Å². The number of halogens is 1. The molecule has 0 aliphatic carbocycles. The molecule has 0 spiro atoms. The number of para-hydroxylation sites is 1. The topological polar surface area (TPSA) is 64.0 Å². The van der Waals surface area contributed by atoms with Crippen molar-refractivity contribution in [2.75, 3.05) is 11.1 Å². The third-order valence-electron chi connectivity index (χ3n) is 3.40. The summed E-state index contributed by atoms with van der Waals surface area (Å²) in [6, 6.07) is 12.6. The first-order valence-corrected chi connectivity index (χ1v) is 8.17. The number of anilines is 1. The molecule has 1 N–H and O–H groups in total. The quantitative estimate of drug-likeness (QED) is 0.584. The minimum atomic E-state index is -0.363. The van der Waals surface area contributed by atoms with Crippen LogP contribution < -0.4 is 10.9 Å². The van der Waals surface area contributed by atoms with Gasteiger partial charge in [0.2, 0.25) is 5.91 Å². The van der Waals surface area contributed by atoms with Gasteiger partial charge in [0, 0.05) is 12.7 Å². The van der Waals surface area contributed by atoms with Crippen molar-refractivity contribution in [2.45, 2.75) is 5.16 Å². The molecule has 3 aromatic rings. The van der Waals surface area contributed by atoms with Gasteiger partial charge in [-0.1, -0.05) is 23.9 Å². The molecule has 0 unspecified atom stereocenters. The standard InChI is InChI=1S/C17H14FN3O2S/c1-21-16(23)13-4-2-3-5-14(13)20-17(21)24-10-15(22)19-12-8-6-11(18)7-9-12/h2-9H,10H2,1H3,(H,19,22). The molecule has 0 radical (unpaired) electrons. The summed E-state index contributed by atoms with van der Waals surface area (Å²) in [6.45, 7) is 0. The summed E-state index contributed by atoms with van der Waals surface area (Å²) in [5.74, 6) is -0.525. The zero-order chi connectivity index (χ0) is 17.1. The maximum atomic E-state index is 12.8. The molecule has 0 aliphatic rings. The van der Waals surface area contributed by atoms with Crippen LogP contribution in [0.5, 0.6) is 0 Å². The summed E-state index contributed by atoms with van der Waals surface area (Å²) in [7, 11) is 1.63. The summed E-state index contributed by atoms with van der Waals surface area (Å²) in [5, 5.41) is 3.68. The number of fused-ring (bicyclic) bond motifs is 1. The van der Waals surface area contributed by atoms with Crippen molar-refractivity contribution < 1.29 is 9.18 Å². The number of benzene rings is 2. The van der Waals surface area contributed by atoms with E-state index in [1.807, 2.05) is 6.07 Å². The molecule has 0 aliphatic heterocycles. The van der Waals surface area contributed by atoms with E-state index in [4.69, 9.17) is 0 Å². The first-order chi connectivity index (χ1) is 11.5. The lowest BCUT2D eigenvalue weighted by Gasteiger charge is -2.09. The van der Waals surface area contributed by atoms with Gasteiger partial charge in [-0.25, -0.2) is 9.37 Å². The van der Waals surface area contributed by atoms with E-state index >= 15 is 0 Å². The molecule has 0 fully saturated rings. The highest BCUT2D eigenvalue weighted by Gasteiger charge is 2.10. The molecule has 1 aromatic heterocycles. The first-order valence-electron chi connectivity index (χ1n) is 7.18. The van der Waals surface area contributed by atoms with Gasteiger partial charge in [0.05, 0.1) is 16.7 Å². The van der Waals surface area contributed by atoms with Crippen LogP contribution in [0.4, 0.5) is 10.1 Å². The van der Waals surface area contributed by atoms with Gasteiger partial charge >= 0.3 is 0 Å². The van der Waals surface area contributed by atoms with Gasteiger partial charge in [-0.2, -0.15) is 0 Å². The lowest BCUT2D eigenvalue weighted by molar-refractivity contribution is -0.113. The fraction of sp³-hybridized carbons (Fsp3) is 0.118. The van der Waals surface area contributed by atoms with Crippen LogP contribution in [0.1, 0.15) is 0 Å². The molecule has 1 heterocycles. The zero-order valence-electron chi connectivity index (χ0n) is 12.8. The Labute approximate surface area is 141 Å². The van der Waals surface area contributed by atoms with E-state index in [0.717, 1.165) is 0 Å². The minimum absolute atomic E-state index is 0.0933. The van der Waals surface area contributed by atoms with Crippen molar-refractivity contribution in [3.63, 3.8) is 0 Å². The molecule has 0 atom stereocenters. The highest BCUT2D eigenvalue weighted by molar-refractivity contribution is 7.99. The Morgan fingerprint density at radius 3 is 2.67 bits per heavy atom. The Hall–Kier alpha value is -2.67. The number of thioether (sulfide) groups is 1. The van der Waals surface area contributed by atoms with Gasteiger partial charge in [0.25, 0.3) is 5.56 Å². The molecular weight excluding hydrogens is 329 g/mol. The second kappa shape index (κ2) is 6.84. The Bertz CT molecular complexity index is 954. The number of aromatic nitrogens is 2. The third kappa shape index (κ3) is 3.46. The molecule has 1 amide bonds. The highest BCUT2D eigenvalue weighted by atomic mass is 32.2. The van der Waals surface area contributed by atoms with E-state index in [-0.39, 0.29) is 23.0 Å². The van der Waals surface area contributed by atoms with Crippen LogP contribution in [-0.4, -0.2) is 21.2 Å². The Morgan fingerprint density at radius 1 is 1.21 bits per heavy atom. The third-order valence-corrected chi connectivity index (χ3v) is 4.43. The number of carbonyl (C=O) groups excluding carboxylic acids is 1. The summed E-state index contributed by atoms with van der Waals surface area (Å²) in [6.07, 6.45) is 0. The van der Waals surface area contributed by atoms with Gasteiger partial charge in [-0.3, -0.25) is 14.2 Å². The van der Waals surface area contributed by atoms with Crippen LogP contribution in [0.2, 0.25) is 0 Å². The number of amides is 1.